The summed E-state index contributed by atoms with van der Waals surface area (Å²) in [5, 5.41) is 0. The SMILES string of the molecule is CCC1CCCN(CCC2(CN)CCC2)CC1. The van der Waals surface area contributed by atoms with Gasteiger partial charge in [0.15, 0.2) is 0 Å². The van der Waals surface area contributed by atoms with Crippen LogP contribution < -0.4 is 5.73 Å². The van der Waals surface area contributed by atoms with Crippen molar-refractivity contribution in [3.8, 4) is 0 Å². The number of likely N-dealkylation sites (tertiary alicyclic amines) is 1. The van der Waals surface area contributed by atoms with Crippen LogP contribution in [-0.4, -0.2) is 31.1 Å². The highest BCUT2D eigenvalue weighted by Gasteiger charge is 2.35. The Labute approximate surface area is 107 Å². The Hall–Kier alpha value is -0.0800. The van der Waals surface area contributed by atoms with E-state index in [9.17, 15) is 0 Å². The molecule has 2 aliphatic rings. The molecule has 0 aromatic rings. The molecule has 2 nitrogen and oxygen atoms in total. The largest absolute Gasteiger partial charge is 0.330 e. The zero-order valence-corrected chi connectivity index (χ0v) is 11.6. The number of hydrogen-bond donors (Lipinski definition) is 1. The normalized spacial score (nSPS) is 29.6. The first kappa shape index (κ1) is 13.4. The third kappa shape index (κ3) is 3.45. The van der Waals surface area contributed by atoms with E-state index >= 15 is 0 Å². The van der Waals surface area contributed by atoms with E-state index in [1.165, 1.54) is 71.0 Å². The second-order valence-corrected chi connectivity index (χ2v) is 6.35. The Morgan fingerprint density at radius 1 is 1.18 bits per heavy atom. The molecule has 1 heterocycles. The molecule has 17 heavy (non-hydrogen) atoms. The maximum Gasteiger partial charge on any atom is -0.00130 e. The number of hydrogen-bond acceptors (Lipinski definition) is 2. The standard InChI is InChI=1S/C15H30N2/c1-2-14-5-3-10-17(11-6-14)12-9-15(13-16)7-4-8-15/h14H,2-13,16H2,1H3. The van der Waals surface area contributed by atoms with E-state index < -0.39 is 0 Å². The Morgan fingerprint density at radius 3 is 2.59 bits per heavy atom. The minimum atomic E-state index is 0.538. The summed E-state index contributed by atoms with van der Waals surface area (Å²) in [6.45, 7) is 7.22. The van der Waals surface area contributed by atoms with Crippen LogP contribution in [0.15, 0.2) is 0 Å². The molecule has 0 amide bonds. The van der Waals surface area contributed by atoms with Crippen molar-refractivity contribution in [1.29, 1.82) is 0 Å². The topological polar surface area (TPSA) is 29.3 Å². The van der Waals surface area contributed by atoms with Gasteiger partial charge in [-0.2, -0.15) is 0 Å². The van der Waals surface area contributed by atoms with Gasteiger partial charge in [-0.25, -0.2) is 0 Å². The molecule has 0 spiro atoms. The van der Waals surface area contributed by atoms with Gasteiger partial charge in [-0.1, -0.05) is 19.8 Å². The molecular formula is C15H30N2. The maximum atomic E-state index is 5.94. The van der Waals surface area contributed by atoms with Gasteiger partial charge in [0.2, 0.25) is 0 Å². The van der Waals surface area contributed by atoms with Crippen LogP contribution in [0.1, 0.15) is 58.3 Å². The average Bonchev–Trinajstić information content (AvgIpc) is 2.53. The Kier molecular flexibility index (Phi) is 4.87. The first-order valence-corrected chi connectivity index (χ1v) is 7.70. The molecule has 0 aromatic carbocycles. The van der Waals surface area contributed by atoms with E-state index in [1.54, 1.807) is 0 Å². The molecule has 1 saturated heterocycles. The first-order chi connectivity index (χ1) is 8.28. The summed E-state index contributed by atoms with van der Waals surface area (Å²) >= 11 is 0. The van der Waals surface area contributed by atoms with Gasteiger partial charge in [0.1, 0.15) is 0 Å². The molecule has 100 valence electrons. The minimum Gasteiger partial charge on any atom is -0.330 e. The van der Waals surface area contributed by atoms with Gasteiger partial charge in [0.25, 0.3) is 0 Å². The number of nitrogens with zero attached hydrogens (tertiary/aromatic N) is 1. The van der Waals surface area contributed by atoms with Crippen LogP contribution in [0.5, 0.6) is 0 Å². The summed E-state index contributed by atoms with van der Waals surface area (Å²) in [5.74, 6) is 0.993. The molecular weight excluding hydrogens is 208 g/mol. The highest BCUT2D eigenvalue weighted by atomic mass is 15.1. The zero-order chi connectivity index (χ0) is 12.1. The molecule has 1 aliphatic heterocycles. The monoisotopic (exact) mass is 238 g/mol. The van der Waals surface area contributed by atoms with E-state index in [1.807, 2.05) is 0 Å². The minimum absolute atomic E-state index is 0.538. The van der Waals surface area contributed by atoms with Crippen molar-refractivity contribution in [2.45, 2.75) is 58.3 Å². The van der Waals surface area contributed by atoms with Gasteiger partial charge < -0.3 is 10.6 Å². The Balaban J connectivity index is 1.72. The fraction of sp³-hybridized carbons (Fsp3) is 1.00. The second kappa shape index (κ2) is 6.19. The van der Waals surface area contributed by atoms with Crippen LogP contribution in [-0.2, 0) is 0 Å². The molecule has 2 rings (SSSR count). The lowest BCUT2D eigenvalue weighted by Gasteiger charge is -2.42. The fourth-order valence-electron chi connectivity index (χ4n) is 3.48. The van der Waals surface area contributed by atoms with Crippen molar-refractivity contribution in [2.24, 2.45) is 17.1 Å². The average molecular weight is 238 g/mol. The summed E-state index contributed by atoms with van der Waals surface area (Å²) in [5.41, 5.74) is 6.48. The van der Waals surface area contributed by atoms with Crippen molar-refractivity contribution >= 4 is 0 Å². The summed E-state index contributed by atoms with van der Waals surface area (Å²) in [4.78, 5) is 2.70. The molecule has 2 heteroatoms. The molecule has 2 fully saturated rings. The predicted octanol–water partition coefficient (Wildman–Crippen LogP) is 3.02. The zero-order valence-electron chi connectivity index (χ0n) is 11.6. The number of nitrogens with two attached hydrogens (primary N) is 1. The lowest BCUT2D eigenvalue weighted by molar-refractivity contribution is 0.106. The van der Waals surface area contributed by atoms with Crippen LogP contribution in [0.3, 0.4) is 0 Å². The smallest absolute Gasteiger partial charge is 0.00130 e. The fourth-order valence-corrected chi connectivity index (χ4v) is 3.48. The van der Waals surface area contributed by atoms with Gasteiger partial charge in [0, 0.05) is 0 Å². The Bertz CT molecular complexity index is 217. The van der Waals surface area contributed by atoms with Crippen LogP contribution in [0.4, 0.5) is 0 Å². The van der Waals surface area contributed by atoms with E-state index in [4.69, 9.17) is 5.73 Å². The van der Waals surface area contributed by atoms with Crippen molar-refractivity contribution < 1.29 is 0 Å². The number of rotatable bonds is 5. The van der Waals surface area contributed by atoms with Gasteiger partial charge in [-0.05, 0) is 76.0 Å². The summed E-state index contributed by atoms with van der Waals surface area (Å²) in [6, 6.07) is 0. The van der Waals surface area contributed by atoms with Crippen LogP contribution >= 0.6 is 0 Å². The third-order valence-corrected chi connectivity index (χ3v) is 5.32. The van der Waals surface area contributed by atoms with Crippen LogP contribution in [0, 0.1) is 11.3 Å². The van der Waals surface area contributed by atoms with Gasteiger partial charge >= 0.3 is 0 Å². The quantitative estimate of drug-likeness (QED) is 0.798. The maximum absolute atomic E-state index is 5.94. The summed E-state index contributed by atoms with van der Waals surface area (Å²) in [6.07, 6.45) is 11.2. The molecule has 0 aromatic heterocycles. The molecule has 1 unspecified atom stereocenters. The lowest BCUT2D eigenvalue weighted by Crippen LogP contribution is -2.40. The van der Waals surface area contributed by atoms with Crippen molar-refractivity contribution in [1.82, 2.24) is 4.90 Å². The van der Waals surface area contributed by atoms with E-state index in [-0.39, 0.29) is 0 Å². The molecule has 0 radical (unpaired) electrons. The third-order valence-electron chi connectivity index (χ3n) is 5.32. The first-order valence-electron chi connectivity index (χ1n) is 7.70. The second-order valence-electron chi connectivity index (χ2n) is 6.35. The van der Waals surface area contributed by atoms with Gasteiger partial charge in [0.05, 0.1) is 0 Å². The predicted molar refractivity (Wildman–Crippen MR) is 74.0 cm³/mol. The van der Waals surface area contributed by atoms with E-state index in [2.05, 4.69) is 11.8 Å². The highest BCUT2D eigenvalue weighted by molar-refractivity contribution is 4.89. The van der Waals surface area contributed by atoms with Crippen LogP contribution in [0.25, 0.3) is 0 Å². The molecule has 1 atom stereocenters. The van der Waals surface area contributed by atoms with Crippen molar-refractivity contribution in [3.05, 3.63) is 0 Å². The van der Waals surface area contributed by atoms with E-state index in [0.29, 0.717) is 5.41 Å². The van der Waals surface area contributed by atoms with Crippen molar-refractivity contribution in [2.75, 3.05) is 26.2 Å². The summed E-state index contributed by atoms with van der Waals surface area (Å²) in [7, 11) is 0. The molecule has 0 bridgehead atoms. The molecule has 1 aliphatic carbocycles. The summed E-state index contributed by atoms with van der Waals surface area (Å²) < 4.78 is 0. The van der Waals surface area contributed by atoms with Crippen LogP contribution in [0.2, 0.25) is 0 Å². The molecule has 2 N–H and O–H groups in total. The highest BCUT2D eigenvalue weighted by Crippen LogP contribution is 2.43. The lowest BCUT2D eigenvalue weighted by atomic mass is 9.66. The van der Waals surface area contributed by atoms with Crippen molar-refractivity contribution in [3.63, 3.8) is 0 Å². The molecule has 1 saturated carbocycles. The Morgan fingerprint density at radius 2 is 2.00 bits per heavy atom. The van der Waals surface area contributed by atoms with Gasteiger partial charge in [-0.15, -0.1) is 0 Å². The van der Waals surface area contributed by atoms with E-state index in [0.717, 1.165) is 12.5 Å². The van der Waals surface area contributed by atoms with Gasteiger partial charge in [-0.3, -0.25) is 0 Å².